The van der Waals surface area contributed by atoms with Gasteiger partial charge in [0, 0.05) is 33.1 Å². The number of sulfonamides is 1. The molecule has 27 heavy (non-hydrogen) atoms. The van der Waals surface area contributed by atoms with E-state index in [2.05, 4.69) is 38.2 Å². The van der Waals surface area contributed by atoms with E-state index in [0.717, 1.165) is 24.3 Å². The molecule has 0 saturated carbocycles. The van der Waals surface area contributed by atoms with Crippen LogP contribution in [0.4, 0.5) is 0 Å². The van der Waals surface area contributed by atoms with Gasteiger partial charge in [0.2, 0.25) is 10.0 Å². The Morgan fingerprint density at radius 3 is 2.44 bits per heavy atom. The Hall–Kier alpha value is -1.89. The Bertz CT molecular complexity index is 919. The molecule has 3 rings (SSSR count). The third-order valence-corrected chi connectivity index (χ3v) is 6.73. The van der Waals surface area contributed by atoms with E-state index in [0.29, 0.717) is 4.90 Å². The van der Waals surface area contributed by atoms with Crippen molar-refractivity contribution < 1.29 is 13.2 Å². The van der Waals surface area contributed by atoms with Crippen molar-refractivity contribution in [3.05, 3.63) is 59.2 Å². The number of benzene rings is 2. The Morgan fingerprint density at radius 2 is 1.81 bits per heavy atom. The van der Waals surface area contributed by atoms with Crippen molar-refractivity contribution in [3.63, 3.8) is 0 Å². The van der Waals surface area contributed by atoms with Crippen LogP contribution in [0.1, 0.15) is 43.5 Å². The molecule has 1 atom stereocenters. The molecule has 1 aliphatic rings. The molecule has 0 radical (unpaired) electrons. The van der Waals surface area contributed by atoms with Crippen molar-refractivity contribution in [1.29, 1.82) is 0 Å². The quantitative estimate of drug-likeness (QED) is 0.823. The van der Waals surface area contributed by atoms with Crippen LogP contribution in [0, 0.1) is 0 Å². The smallest absolute Gasteiger partial charge is 0.242 e. The van der Waals surface area contributed by atoms with Crippen molar-refractivity contribution in [2.45, 2.75) is 50.3 Å². The number of hydrogen-bond donors (Lipinski definition) is 1. The fourth-order valence-corrected chi connectivity index (χ4v) is 4.20. The van der Waals surface area contributed by atoms with Gasteiger partial charge in [-0.1, -0.05) is 24.3 Å². The van der Waals surface area contributed by atoms with Crippen LogP contribution in [0.5, 0.6) is 5.75 Å². The lowest BCUT2D eigenvalue weighted by atomic mass is 10.00. The van der Waals surface area contributed by atoms with Crippen molar-refractivity contribution in [1.82, 2.24) is 9.62 Å². The largest absolute Gasteiger partial charge is 0.487 e. The monoisotopic (exact) mass is 388 g/mol. The van der Waals surface area contributed by atoms with Crippen LogP contribution >= 0.6 is 0 Å². The summed E-state index contributed by atoms with van der Waals surface area (Å²) in [6.07, 6.45) is 0.924. The SMILES string of the molecule is CC(NCc1ccc2c(c1)CC(C)(C)O2)c1ccc(S(=O)(=O)N(C)C)cc1. The zero-order valence-electron chi connectivity index (χ0n) is 16.6. The second kappa shape index (κ2) is 7.26. The highest BCUT2D eigenvalue weighted by Crippen LogP contribution is 2.35. The highest BCUT2D eigenvalue weighted by molar-refractivity contribution is 7.89. The average molecular weight is 389 g/mol. The van der Waals surface area contributed by atoms with Gasteiger partial charge in [-0.2, -0.15) is 0 Å². The van der Waals surface area contributed by atoms with Gasteiger partial charge in [-0.15, -0.1) is 0 Å². The molecule has 2 aromatic rings. The molecule has 1 heterocycles. The highest BCUT2D eigenvalue weighted by atomic mass is 32.2. The van der Waals surface area contributed by atoms with Crippen molar-refractivity contribution in [3.8, 4) is 5.75 Å². The maximum atomic E-state index is 12.2. The zero-order chi connectivity index (χ0) is 19.8. The van der Waals surface area contributed by atoms with Crippen LogP contribution < -0.4 is 10.1 Å². The van der Waals surface area contributed by atoms with E-state index < -0.39 is 10.0 Å². The van der Waals surface area contributed by atoms with E-state index in [-0.39, 0.29) is 11.6 Å². The van der Waals surface area contributed by atoms with Gasteiger partial charge in [0.1, 0.15) is 11.4 Å². The molecular weight excluding hydrogens is 360 g/mol. The zero-order valence-corrected chi connectivity index (χ0v) is 17.4. The van der Waals surface area contributed by atoms with E-state index in [1.165, 1.54) is 29.5 Å². The van der Waals surface area contributed by atoms with Gasteiger partial charge in [0.15, 0.2) is 0 Å². The summed E-state index contributed by atoms with van der Waals surface area (Å²) in [5.41, 5.74) is 3.40. The van der Waals surface area contributed by atoms with Crippen LogP contribution in [-0.4, -0.2) is 32.4 Å². The third-order valence-electron chi connectivity index (χ3n) is 4.90. The van der Waals surface area contributed by atoms with E-state index in [9.17, 15) is 8.42 Å². The number of fused-ring (bicyclic) bond motifs is 1. The Balaban J connectivity index is 1.64. The molecule has 1 N–H and O–H groups in total. The lowest BCUT2D eigenvalue weighted by Gasteiger charge is -2.16. The van der Waals surface area contributed by atoms with Gasteiger partial charge in [0.25, 0.3) is 0 Å². The summed E-state index contributed by atoms with van der Waals surface area (Å²) in [5.74, 6) is 0.981. The molecule has 0 amide bonds. The van der Waals surface area contributed by atoms with Crippen LogP contribution in [-0.2, 0) is 23.0 Å². The second-order valence-corrected chi connectivity index (χ2v) is 10.1. The van der Waals surface area contributed by atoms with Crippen LogP contribution in [0.3, 0.4) is 0 Å². The molecule has 0 spiro atoms. The molecular formula is C21H28N2O3S. The summed E-state index contributed by atoms with van der Waals surface area (Å²) in [7, 11) is -0.313. The van der Waals surface area contributed by atoms with Crippen molar-refractivity contribution in [2.75, 3.05) is 14.1 Å². The van der Waals surface area contributed by atoms with Crippen molar-refractivity contribution >= 4 is 10.0 Å². The predicted molar refractivity (Wildman–Crippen MR) is 107 cm³/mol. The molecule has 0 bridgehead atoms. The number of nitrogens with one attached hydrogen (secondary N) is 1. The molecule has 0 saturated heterocycles. The first-order valence-corrected chi connectivity index (χ1v) is 10.6. The average Bonchev–Trinajstić information content (AvgIpc) is 2.92. The Morgan fingerprint density at radius 1 is 1.15 bits per heavy atom. The van der Waals surface area contributed by atoms with Gasteiger partial charge >= 0.3 is 0 Å². The predicted octanol–water partition coefficient (Wildman–Crippen LogP) is 3.50. The van der Waals surface area contributed by atoms with E-state index in [1.54, 1.807) is 12.1 Å². The maximum Gasteiger partial charge on any atom is 0.242 e. The van der Waals surface area contributed by atoms with Gasteiger partial charge in [-0.25, -0.2) is 12.7 Å². The molecule has 146 valence electrons. The number of rotatable bonds is 6. The highest BCUT2D eigenvalue weighted by Gasteiger charge is 2.29. The van der Waals surface area contributed by atoms with E-state index >= 15 is 0 Å². The standard InChI is InChI=1S/C21H28N2O3S/c1-15(17-7-9-19(10-8-17)27(24,25)23(4)5)22-14-16-6-11-20-18(12-16)13-21(2,3)26-20/h6-12,15,22H,13-14H2,1-5H3. The summed E-state index contributed by atoms with van der Waals surface area (Å²) < 4.78 is 31.5. The molecule has 0 aliphatic carbocycles. The molecule has 5 nitrogen and oxygen atoms in total. The lowest BCUT2D eigenvalue weighted by Crippen LogP contribution is -2.24. The first-order chi connectivity index (χ1) is 12.6. The van der Waals surface area contributed by atoms with Gasteiger partial charge in [-0.3, -0.25) is 0 Å². The van der Waals surface area contributed by atoms with Crippen LogP contribution in [0.25, 0.3) is 0 Å². The first-order valence-electron chi connectivity index (χ1n) is 9.15. The lowest BCUT2D eigenvalue weighted by molar-refractivity contribution is 0.138. The summed E-state index contributed by atoms with van der Waals surface area (Å²) in [6, 6.07) is 13.5. The maximum absolute atomic E-state index is 12.2. The Kier molecular flexibility index (Phi) is 5.34. The third kappa shape index (κ3) is 4.34. The van der Waals surface area contributed by atoms with Crippen LogP contribution in [0.2, 0.25) is 0 Å². The normalized spacial score (nSPS) is 16.8. The minimum Gasteiger partial charge on any atom is -0.487 e. The fourth-order valence-electron chi connectivity index (χ4n) is 3.30. The number of hydrogen-bond acceptors (Lipinski definition) is 4. The minimum absolute atomic E-state index is 0.113. The van der Waals surface area contributed by atoms with Gasteiger partial charge in [-0.05, 0) is 55.7 Å². The summed E-state index contributed by atoms with van der Waals surface area (Å²) in [6.45, 7) is 7.03. The van der Waals surface area contributed by atoms with E-state index in [4.69, 9.17) is 4.74 Å². The molecule has 1 unspecified atom stereocenters. The summed E-state index contributed by atoms with van der Waals surface area (Å²) in [5, 5.41) is 3.51. The molecule has 6 heteroatoms. The second-order valence-electron chi connectivity index (χ2n) is 7.94. The fraction of sp³-hybridized carbons (Fsp3) is 0.429. The molecule has 2 aromatic carbocycles. The number of ether oxygens (including phenoxy) is 1. The van der Waals surface area contributed by atoms with Crippen LogP contribution in [0.15, 0.2) is 47.4 Å². The molecule has 0 aromatic heterocycles. The number of nitrogens with zero attached hydrogens (tertiary/aromatic N) is 1. The van der Waals surface area contributed by atoms with E-state index in [1.807, 2.05) is 18.2 Å². The Labute approximate surface area is 162 Å². The molecule has 1 aliphatic heterocycles. The van der Waals surface area contributed by atoms with Gasteiger partial charge in [0.05, 0.1) is 4.90 Å². The summed E-state index contributed by atoms with van der Waals surface area (Å²) >= 11 is 0. The topological polar surface area (TPSA) is 58.6 Å². The van der Waals surface area contributed by atoms with Gasteiger partial charge < -0.3 is 10.1 Å². The van der Waals surface area contributed by atoms with Crippen molar-refractivity contribution in [2.24, 2.45) is 0 Å². The molecule has 0 fully saturated rings. The summed E-state index contributed by atoms with van der Waals surface area (Å²) in [4.78, 5) is 0.310. The minimum atomic E-state index is -3.39. The first kappa shape index (κ1) is 19.9.